The van der Waals surface area contributed by atoms with Crippen LogP contribution in [0, 0.1) is 0 Å². The van der Waals surface area contributed by atoms with E-state index in [-0.39, 0.29) is 23.1 Å². The van der Waals surface area contributed by atoms with Crippen molar-refractivity contribution in [2.75, 3.05) is 39.4 Å². The van der Waals surface area contributed by atoms with Gasteiger partial charge in [-0.1, -0.05) is 24.3 Å². The lowest BCUT2D eigenvalue weighted by Crippen LogP contribution is -2.44. The van der Waals surface area contributed by atoms with E-state index in [2.05, 4.69) is 34.5 Å². The number of carbonyl (C=O) groups excluding carboxylic acids is 2. The molecule has 31 heavy (non-hydrogen) atoms. The van der Waals surface area contributed by atoms with Crippen molar-refractivity contribution < 1.29 is 14.3 Å². The fraction of sp³-hybridized carbons (Fsp3) is 0.500. The summed E-state index contributed by atoms with van der Waals surface area (Å²) in [5, 5.41) is 7.60. The van der Waals surface area contributed by atoms with E-state index in [0.717, 1.165) is 32.4 Å². The van der Waals surface area contributed by atoms with E-state index in [1.165, 1.54) is 17.3 Å². The molecule has 2 fully saturated rings. The zero-order valence-corrected chi connectivity index (χ0v) is 17.7. The third-order valence-corrected chi connectivity index (χ3v) is 7.23. The number of rotatable bonds is 3. The standard InChI is InChI=1S/C24H28N4O3/c29-22(27-11-13-31-14-12-27)15-19-16-24(21-4-2-1-3-20(19)21)6-9-28(10-7-24)23(30)18-5-8-25-26-17-18/h1-5,8,17,19H,6-7,9-16H2/t19-/m0/s1. The lowest BCUT2D eigenvalue weighted by molar-refractivity contribution is -0.135. The number of aromatic nitrogens is 2. The first-order valence-electron chi connectivity index (χ1n) is 11.2. The fourth-order valence-corrected chi connectivity index (χ4v) is 5.57. The molecule has 1 aliphatic carbocycles. The number of nitrogens with zero attached hydrogens (tertiary/aromatic N) is 4. The molecule has 0 radical (unpaired) electrons. The SMILES string of the molecule is O=C(C[C@H]1CC2(CCN(C(=O)c3ccnnc3)CC2)c2ccccc21)N1CCOCC1. The van der Waals surface area contributed by atoms with E-state index in [1.54, 1.807) is 12.3 Å². The second kappa shape index (κ2) is 8.38. The summed E-state index contributed by atoms with van der Waals surface area (Å²) in [6, 6.07) is 10.3. The molecule has 7 nitrogen and oxygen atoms in total. The van der Waals surface area contributed by atoms with Gasteiger partial charge >= 0.3 is 0 Å². The monoisotopic (exact) mass is 420 g/mol. The number of morpholine rings is 1. The van der Waals surface area contributed by atoms with E-state index in [1.807, 2.05) is 9.80 Å². The second-order valence-corrected chi connectivity index (χ2v) is 8.89. The molecule has 2 saturated heterocycles. The first-order chi connectivity index (χ1) is 15.2. The highest BCUT2D eigenvalue weighted by atomic mass is 16.5. The Bertz CT molecular complexity index is 950. The number of hydrogen-bond acceptors (Lipinski definition) is 5. The third kappa shape index (κ3) is 3.82. The van der Waals surface area contributed by atoms with Crippen molar-refractivity contribution in [2.45, 2.75) is 37.0 Å². The minimum absolute atomic E-state index is 0.0232. The van der Waals surface area contributed by atoms with Gasteiger partial charge in [-0.25, -0.2) is 0 Å². The van der Waals surface area contributed by atoms with Crippen LogP contribution < -0.4 is 0 Å². The summed E-state index contributed by atoms with van der Waals surface area (Å²) in [7, 11) is 0. The molecule has 0 unspecified atom stereocenters. The minimum Gasteiger partial charge on any atom is -0.378 e. The van der Waals surface area contributed by atoms with Gasteiger partial charge in [-0.2, -0.15) is 10.2 Å². The Labute approximate surface area is 182 Å². The van der Waals surface area contributed by atoms with Gasteiger partial charge in [0.05, 0.1) is 31.2 Å². The van der Waals surface area contributed by atoms with Crippen LogP contribution in [0.3, 0.4) is 0 Å². The number of fused-ring (bicyclic) bond motifs is 2. The normalized spacial score (nSPS) is 22.4. The van der Waals surface area contributed by atoms with Gasteiger partial charge in [0.25, 0.3) is 5.91 Å². The van der Waals surface area contributed by atoms with Gasteiger partial charge in [-0.3, -0.25) is 9.59 Å². The molecule has 1 aromatic heterocycles. The molecule has 1 spiro atoms. The van der Waals surface area contributed by atoms with Crippen LogP contribution in [0.2, 0.25) is 0 Å². The van der Waals surface area contributed by atoms with E-state index < -0.39 is 0 Å². The van der Waals surface area contributed by atoms with Crippen LogP contribution in [0.5, 0.6) is 0 Å². The van der Waals surface area contributed by atoms with Crippen molar-refractivity contribution in [3.63, 3.8) is 0 Å². The number of amides is 2. The molecule has 0 N–H and O–H groups in total. The summed E-state index contributed by atoms with van der Waals surface area (Å²) < 4.78 is 5.39. The van der Waals surface area contributed by atoms with Crippen LogP contribution in [0.25, 0.3) is 0 Å². The predicted molar refractivity (Wildman–Crippen MR) is 115 cm³/mol. The van der Waals surface area contributed by atoms with Crippen LogP contribution in [-0.4, -0.2) is 71.2 Å². The zero-order valence-electron chi connectivity index (χ0n) is 17.7. The second-order valence-electron chi connectivity index (χ2n) is 8.89. The van der Waals surface area contributed by atoms with E-state index in [0.29, 0.717) is 38.3 Å². The summed E-state index contributed by atoms with van der Waals surface area (Å²) in [6.07, 6.45) is 6.49. The van der Waals surface area contributed by atoms with Crippen LogP contribution in [-0.2, 0) is 14.9 Å². The molecule has 5 rings (SSSR count). The maximum absolute atomic E-state index is 12.9. The number of likely N-dealkylation sites (tertiary alicyclic amines) is 1. The molecule has 2 aliphatic heterocycles. The number of benzene rings is 1. The number of ether oxygens (including phenoxy) is 1. The van der Waals surface area contributed by atoms with Crippen LogP contribution >= 0.6 is 0 Å². The highest BCUT2D eigenvalue weighted by molar-refractivity contribution is 5.93. The average Bonchev–Trinajstić information content (AvgIpc) is 3.13. The summed E-state index contributed by atoms with van der Waals surface area (Å²) >= 11 is 0. The highest BCUT2D eigenvalue weighted by Crippen LogP contribution is 2.52. The molecule has 2 aromatic rings. The Morgan fingerprint density at radius 3 is 2.52 bits per heavy atom. The van der Waals surface area contributed by atoms with Crippen molar-refractivity contribution in [1.29, 1.82) is 0 Å². The van der Waals surface area contributed by atoms with Crippen molar-refractivity contribution in [3.8, 4) is 0 Å². The Balaban J connectivity index is 1.30. The molecule has 3 aliphatic rings. The lowest BCUT2D eigenvalue weighted by Gasteiger charge is -2.40. The van der Waals surface area contributed by atoms with Crippen LogP contribution in [0.4, 0.5) is 0 Å². The molecule has 7 heteroatoms. The lowest BCUT2D eigenvalue weighted by atomic mass is 9.73. The Kier molecular flexibility index (Phi) is 5.44. The van der Waals surface area contributed by atoms with Gasteiger partial charge in [0.2, 0.25) is 5.91 Å². The Morgan fingerprint density at radius 2 is 1.77 bits per heavy atom. The molecular formula is C24H28N4O3. The van der Waals surface area contributed by atoms with Gasteiger partial charge in [0.1, 0.15) is 0 Å². The summed E-state index contributed by atoms with van der Waals surface area (Å²) in [4.78, 5) is 29.6. The number of hydrogen-bond donors (Lipinski definition) is 0. The van der Waals surface area contributed by atoms with Gasteiger partial charge in [-0.15, -0.1) is 0 Å². The predicted octanol–water partition coefficient (Wildman–Crippen LogP) is 2.39. The molecular weight excluding hydrogens is 392 g/mol. The Hall–Kier alpha value is -2.80. The maximum Gasteiger partial charge on any atom is 0.255 e. The van der Waals surface area contributed by atoms with Crippen molar-refractivity contribution in [3.05, 3.63) is 59.4 Å². The highest BCUT2D eigenvalue weighted by Gasteiger charge is 2.46. The smallest absolute Gasteiger partial charge is 0.255 e. The largest absolute Gasteiger partial charge is 0.378 e. The first-order valence-corrected chi connectivity index (χ1v) is 11.2. The van der Waals surface area contributed by atoms with Crippen LogP contribution in [0.1, 0.15) is 53.1 Å². The van der Waals surface area contributed by atoms with Gasteiger partial charge in [0.15, 0.2) is 0 Å². The number of carbonyl (C=O) groups is 2. The van der Waals surface area contributed by atoms with Gasteiger partial charge in [0, 0.05) is 32.6 Å². The number of piperidine rings is 1. The minimum atomic E-state index is 0.0232. The quantitative estimate of drug-likeness (QED) is 0.762. The van der Waals surface area contributed by atoms with Crippen molar-refractivity contribution >= 4 is 11.8 Å². The third-order valence-electron chi connectivity index (χ3n) is 7.23. The van der Waals surface area contributed by atoms with E-state index in [4.69, 9.17) is 4.74 Å². The fourth-order valence-electron chi connectivity index (χ4n) is 5.57. The maximum atomic E-state index is 12.9. The molecule has 162 valence electrons. The van der Waals surface area contributed by atoms with E-state index >= 15 is 0 Å². The van der Waals surface area contributed by atoms with Gasteiger partial charge in [-0.05, 0) is 47.8 Å². The van der Waals surface area contributed by atoms with E-state index in [9.17, 15) is 9.59 Å². The summed E-state index contributed by atoms with van der Waals surface area (Å²) in [6.45, 7) is 4.10. The van der Waals surface area contributed by atoms with Crippen molar-refractivity contribution in [2.24, 2.45) is 0 Å². The Morgan fingerprint density at radius 1 is 1.00 bits per heavy atom. The zero-order chi connectivity index (χ0) is 21.3. The van der Waals surface area contributed by atoms with Crippen LogP contribution in [0.15, 0.2) is 42.7 Å². The molecule has 2 amide bonds. The molecule has 0 saturated carbocycles. The molecule has 1 atom stereocenters. The summed E-state index contributed by atoms with van der Waals surface area (Å²) in [5.41, 5.74) is 3.35. The molecule has 1 aromatic carbocycles. The van der Waals surface area contributed by atoms with Gasteiger partial charge < -0.3 is 14.5 Å². The van der Waals surface area contributed by atoms with Crippen molar-refractivity contribution in [1.82, 2.24) is 20.0 Å². The molecule has 0 bridgehead atoms. The topological polar surface area (TPSA) is 75.6 Å². The average molecular weight is 421 g/mol. The molecule has 3 heterocycles. The summed E-state index contributed by atoms with van der Waals surface area (Å²) in [5.74, 6) is 0.506. The first kappa shape index (κ1) is 20.1.